The predicted molar refractivity (Wildman–Crippen MR) is 64.0 cm³/mol. The van der Waals surface area contributed by atoms with E-state index in [9.17, 15) is 0 Å². The molecule has 0 aliphatic heterocycles. The average Bonchev–Trinajstić information content (AvgIpc) is 2.71. The molecule has 0 radical (unpaired) electrons. The maximum Gasteiger partial charge on any atom is 0.225 e. The van der Waals surface area contributed by atoms with Crippen LogP contribution < -0.4 is 4.90 Å². The van der Waals surface area contributed by atoms with Crippen LogP contribution in [-0.2, 0) is 6.54 Å². The summed E-state index contributed by atoms with van der Waals surface area (Å²) in [6.07, 6.45) is 5.28. The van der Waals surface area contributed by atoms with Gasteiger partial charge in [-0.1, -0.05) is 0 Å². The maximum absolute atomic E-state index is 4.21. The molecule has 0 bridgehead atoms. The molecule has 0 spiro atoms. The van der Waals surface area contributed by atoms with Gasteiger partial charge in [-0.25, -0.2) is 15.0 Å². The van der Waals surface area contributed by atoms with Crippen molar-refractivity contribution in [1.29, 1.82) is 0 Å². The van der Waals surface area contributed by atoms with E-state index in [1.165, 1.54) is 0 Å². The van der Waals surface area contributed by atoms with Gasteiger partial charge in [0.15, 0.2) is 0 Å². The summed E-state index contributed by atoms with van der Waals surface area (Å²) in [6, 6.07) is 0. The zero-order chi connectivity index (χ0) is 10.7. The third kappa shape index (κ3) is 2.73. The summed E-state index contributed by atoms with van der Waals surface area (Å²) in [5.41, 5.74) is 0. The van der Waals surface area contributed by atoms with E-state index in [1.807, 2.05) is 17.3 Å². The van der Waals surface area contributed by atoms with E-state index < -0.39 is 0 Å². The molecule has 78 valence electrons. The van der Waals surface area contributed by atoms with Gasteiger partial charge in [-0.15, -0.1) is 11.3 Å². The first-order valence-corrected chi connectivity index (χ1v) is 6.00. The number of hydrogen-bond donors (Lipinski definition) is 0. The van der Waals surface area contributed by atoms with Crippen LogP contribution in [0.1, 0.15) is 5.01 Å². The lowest BCUT2D eigenvalue weighted by Crippen LogP contribution is -2.18. The van der Waals surface area contributed by atoms with Crippen molar-refractivity contribution in [1.82, 2.24) is 15.0 Å². The van der Waals surface area contributed by atoms with Gasteiger partial charge in [0, 0.05) is 31.0 Å². The van der Waals surface area contributed by atoms with E-state index in [0.29, 0.717) is 5.95 Å². The molecule has 2 rings (SSSR count). The maximum atomic E-state index is 4.21. The van der Waals surface area contributed by atoms with Crippen molar-refractivity contribution in [2.75, 3.05) is 11.9 Å². The monoisotopic (exact) mass is 284 g/mol. The molecule has 2 heterocycles. The summed E-state index contributed by atoms with van der Waals surface area (Å²) in [5.74, 6) is 0.702. The summed E-state index contributed by atoms with van der Waals surface area (Å²) >= 11 is 4.93. The van der Waals surface area contributed by atoms with Gasteiger partial charge in [0.25, 0.3) is 0 Å². The Morgan fingerprint density at radius 1 is 1.33 bits per heavy atom. The summed E-state index contributed by atoms with van der Waals surface area (Å²) in [4.78, 5) is 14.6. The number of thiazole rings is 1. The molecular weight excluding hydrogens is 276 g/mol. The standard InChI is InChI=1S/C9H9BrN4S/c1-14(6-8-11-2-3-15-8)9-12-4-7(10)5-13-9/h2-5H,6H2,1H3. The Kier molecular flexibility index (Phi) is 3.27. The molecule has 2 aromatic heterocycles. The van der Waals surface area contributed by atoms with E-state index in [1.54, 1.807) is 29.9 Å². The fourth-order valence-electron chi connectivity index (χ4n) is 1.11. The van der Waals surface area contributed by atoms with Crippen LogP contribution in [0.15, 0.2) is 28.4 Å². The average molecular weight is 285 g/mol. The highest BCUT2D eigenvalue weighted by Crippen LogP contribution is 2.13. The predicted octanol–water partition coefficient (Wildman–Crippen LogP) is 2.33. The van der Waals surface area contributed by atoms with Crippen molar-refractivity contribution in [3.05, 3.63) is 33.5 Å². The summed E-state index contributed by atoms with van der Waals surface area (Å²) in [6.45, 7) is 0.735. The van der Waals surface area contributed by atoms with Crippen LogP contribution in [0.3, 0.4) is 0 Å². The molecule has 0 aromatic carbocycles. The Labute approximate surface area is 100 Å². The first-order chi connectivity index (χ1) is 7.25. The van der Waals surface area contributed by atoms with Gasteiger partial charge in [0.05, 0.1) is 11.0 Å². The van der Waals surface area contributed by atoms with Gasteiger partial charge < -0.3 is 4.90 Å². The zero-order valence-corrected chi connectivity index (χ0v) is 10.5. The molecule has 0 aliphatic rings. The van der Waals surface area contributed by atoms with Gasteiger partial charge in [0.1, 0.15) is 5.01 Å². The number of rotatable bonds is 3. The van der Waals surface area contributed by atoms with Crippen LogP contribution in [0.25, 0.3) is 0 Å². The second kappa shape index (κ2) is 4.67. The van der Waals surface area contributed by atoms with E-state index in [2.05, 4.69) is 30.9 Å². The summed E-state index contributed by atoms with van der Waals surface area (Å²) in [7, 11) is 1.95. The molecule has 2 aromatic rings. The highest BCUT2D eigenvalue weighted by Gasteiger charge is 2.05. The molecule has 0 atom stereocenters. The number of halogens is 1. The molecule has 0 unspecified atom stereocenters. The van der Waals surface area contributed by atoms with Gasteiger partial charge in [-0.3, -0.25) is 0 Å². The quantitative estimate of drug-likeness (QED) is 0.868. The van der Waals surface area contributed by atoms with E-state index in [-0.39, 0.29) is 0 Å². The van der Waals surface area contributed by atoms with Crippen molar-refractivity contribution >= 4 is 33.2 Å². The molecule has 0 fully saturated rings. The fraction of sp³-hybridized carbons (Fsp3) is 0.222. The molecule has 4 nitrogen and oxygen atoms in total. The van der Waals surface area contributed by atoms with E-state index in [0.717, 1.165) is 16.0 Å². The highest BCUT2D eigenvalue weighted by atomic mass is 79.9. The van der Waals surface area contributed by atoms with Gasteiger partial charge in [-0.2, -0.15) is 0 Å². The van der Waals surface area contributed by atoms with Crippen LogP contribution in [-0.4, -0.2) is 22.0 Å². The van der Waals surface area contributed by atoms with Crippen LogP contribution >= 0.6 is 27.3 Å². The number of aromatic nitrogens is 3. The third-order valence-electron chi connectivity index (χ3n) is 1.80. The zero-order valence-electron chi connectivity index (χ0n) is 8.09. The molecule has 0 saturated carbocycles. The molecule has 0 saturated heterocycles. The Morgan fingerprint density at radius 3 is 2.67 bits per heavy atom. The second-order valence-electron chi connectivity index (χ2n) is 2.98. The van der Waals surface area contributed by atoms with Gasteiger partial charge in [0.2, 0.25) is 5.95 Å². The Hall–Kier alpha value is -1.01. The topological polar surface area (TPSA) is 41.9 Å². The lowest BCUT2D eigenvalue weighted by atomic mass is 10.6. The molecule has 0 aliphatic carbocycles. The SMILES string of the molecule is CN(Cc1nccs1)c1ncc(Br)cn1. The van der Waals surface area contributed by atoms with Crippen LogP contribution in [0.5, 0.6) is 0 Å². The highest BCUT2D eigenvalue weighted by molar-refractivity contribution is 9.10. The second-order valence-corrected chi connectivity index (χ2v) is 4.88. The van der Waals surface area contributed by atoms with Crippen molar-refractivity contribution in [3.8, 4) is 0 Å². The van der Waals surface area contributed by atoms with Crippen molar-refractivity contribution < 1.29 is 0 Å². The van der Waals surface area contributed by atoms with Crippen molar-refractivity contribution in [3.63, 3.8) is 0 Å². The summed E-state index contributed by atoms with van der Waals surface area (Å²) < 4.78 is 0.883. The largest absolute Gasteiger partial charge is 0.337 e. The van der Waals surface area contributed by atoms with Gasteiger partial charge in [-0.05, 0) is 15.9 Å². The van der Waals surface area contributed by atoms with Crippen LogP contribution in [0.4, 0.5) is 5.95 Å². The van der Waals surface area contributed by atoms with Crippen molar-refractivity contribution in [2.45, 2.75) is 6.54 Å². The molecule has 6 heteroatoms. The molecule has 15 heavy (non-hydrogen) atoms. The lowest BCUT2D eigenvalue weighted by molar-refractivity contribution is 0.857. The minimum atomic E-state index is 0.702. The molecular formula is C9H9BrN4S. The minimum Gasteiger partial charge on any atom is -0.337 e. The van der Waals surface area contributed by atoms with Crippen LogP contribution in [0, 0.1) is 0 Å². The first-order valence-electron chi connectivity index (χ1n) is 4.33. The Balaban J connectivity index is 2.08. The van der Waals surface area contributed by atoms with Crippen molar-refractivity contribution in [2.24, 2.45) is 0 Å². The van der Waals surface area contributed by atoms with Crippen LogP contribution in [0.2, 0.25) is 0 Å². The van der Waals surface area contributed by atoms with E-state index >= 15 is 0 Å². The number of nitrogens with zero attached hydrogens (tertiary/aromatic N) is 4. The Bertz CT molecular complexity index is 414. The third-order valence-corrected chi connectivity index (χ3v) is 2.98. The lowest BCUT2D eigenvalue weighted by Gasteiger charge is -2.14. The minimum absolute atomic E-state index is 0.702. The Morgan fingerprint density at radius 2 is 2.07 bits per heavy atom. The number of hydrogen-bond acceptors (Lipinski definition) is 5. The summed E-state index contributed by atoms with van der Waals surface area (Å²) in [5, 5.41) is 3.02. The smallest absolute Gasteiger partial charge is 0.225 e. The first kappa shape index (κ1) is 10.5. The number of anilines is 1. The van der Waals surface area contributed by atoms with E-state index in [4.69, 9.17) is 0 Å². The van der Waals surface area contributed by atoms with Gasteiger partial charge >= 0.3 is 0 Å². The molecule has 0 N–H and O–H groups in total. The molecule has 0 amide bonds. The normalized spacial score (nSPS) is 10.3. The fourth-order valence-corrected chi connectivity index (χ4v) is 1.98.